The second kappa shape index (κ2) is 7.85. The van der Waals surface area contributed by atoms with Gasteiger partial charge in [0.2, 0.25) is 17.6 Å². The number of aryl methyl sites for hydroxylation is 2. The maximum Gasteiger partial charge on any atom is 0.308 e. The van der Waals surface area contributed by atoms with Crippen molar-refractivity contribution in [1.29, 1.82) is 0 Å². The summed E-state index contributed by atoms with van der Waals surface area (Å²) in [5, 5.41) is 13.2. The van der Waals surface area contributed by atoms with Crippen LogP contribution in [0.3, 0.4) is 0 Å². The van der Waals surface area contributed by atoms with Gasteiger partial charge in [-0.2, -0.15) is 4.98 Å². The number of rotatable bonds is 5. The number of carboxylic acid groups (broad SMARTS) is 1. The van der Waals surface area contributed by atoms with Crippen LogP contribution in [0.25, 0.3) is 11.4 Å². The molecule has 1 aromatic carbocycles. The Kier molecular flexibility index (Phi) is 5.53. The second-order valence-corrected chi connectivity index (χ2v) is 6.89. The maximum absolute atomic E-state index is 13.4. The van der Waals surface area contributed by atoms with Gasteiger partial charge in [-0.1, -0.05) is 5.16 Å². The number of nitrogens with zero attached hydrogens (tertiary/aromatic N) is 3. The first-order chi connectivity index (χ1) is 12.9. The zero-order valence-corrected chi connectivity index (χ0v) is 15.3. The van der Waals surface area contributed by atoms with Gasteiger partial charge in [0, 0.05) is 31.0 Å². The standard InChI is InChI=1S/C19H22FN3O4/c1-11-10-13(5-6-15(11)20)18-21-16(27-22-18)7-8-17(24)23-9-3-4-14(12(23)2)19(25)26/h5-6,10,12,14H,3-4,7-9H2,1-2H3,(H,25,26)/t12-,14-/m1/s1. The quantitative estimate of drug-likeness (QED) is 0.863. The maximum atomic E-state index is 13.4. The van der Waals surface area contributed by atoms with Gasteiger partial charge < -0.3 is 14.5 Å². The minimum Gasteiger partial charge on any atom is -0.481 e. The van der Waals surface area contributed by atoms with Crippen molar-refractivity contribution in [2.45, 2.75) is 45.6 Å². The molecule has 2 atom stereocenters. The molecule has 0 spiro atoms. The van der Waals surface area contributed by atoms with Gasteiger partial charge in [-0.05, 0) is 50.5 Å². The van der Waals surface area contributed by atoms with E-state index in [1.54, 1.807) is 30.9 Å². The molecule has 2 heterocycles. The van der Waals surface area contributed by atoms with Gasteiger partial charge in [0.1, 0.15) is 5.82 Å². The SMILES string of the molecule is Cc1cc(-c2noc(CCC(=O)N3CCC[C@@H](C(=O)O)[C@H]3C)n2)ccc1F. The number of likely N-dealkylation sites (tertiary alicyclic amines) is 1. The Hall–Kier alpha value is -2.77. The Morgan fingerprint density at radius 1 is 1.41 bits per heavy atom. The van der Waals surface area contributed by atoms with Crippen molar-refractivity contribution in [3.8, 4) is 11.4 Å². The molecule has 0 saturated carbocycles. The number of piperidine rings is 1. The van der Waals surface area contributed by atoms with Gasteiger partial charge in [-0.3, -0.25) is 9.59 Å². The summed E-state index contributed by atoms with van der Waals surface area (Å²) < 4.78 is 18.6. The number of hydrogen-bond acceptors (Lipinski definition) is 5. The molecule has 1 aromatic heterocycles. The van der Waals surface area contributed by atoms with E-state index in [0.29, 0.717) is 42.2 Å². The van der Waals surface area contributed by atoms with Crippen molar-refractivity contribution < 1.29 is 23.6 Å². The summed E-state index contributed by atoms with van der Waals surface area (Å²) in [5.74, 6) is -1.15. The third-order valence-corrected chi connectivity index (χ3v) is 5.06. The van der Waals surface area contributed by atoms with Crippen molar-refractivity contribution in [2.24, 2.45) is 5.92 Å². The van der Waals surface area contributed by atoms with E-state index in [2.05, 4.69) is 10.1 Å². The van der Waals surface area contributed by atoms with Gasteiger partial charge in [-0.25, -0.2) is 4.39 Å². The van der Waals surface area contributed by atoms with Crippen LogP contribution in [-0.2, 0) is 16.0 Å². The molecule has 7 nitrogen and oxygen atoms in total. The predicted molar refractivity (Wildman–Crippen MR) is 94.3 cm³/mol. The van der Waals surface area contributed by atoms with E-state index >= 15 is 0 Å². The van der Waals surface area contributed by atoms with Crippen LogP contribution in [0.15, 0.2) is 22.7 Å². The zero-order valence-electron chi connectivity index (χ0n) is 15.3. The van der Waals surface area contributed by atoms with Crippen LogP contribution in [0, 0.1) is 18.7 Å². The summed E-state index contributed by atoms with van der Waals surface area (Å²) in [6, 6.07) is 4.23. The minimum atomic E-state index is -0.865. The molecular formula is C19H22FN3O4. The fraction of sp³-hybridized carbons (Fsp3) is 0.474. The molecule has 1 saturated heterocycles. The van der Waals surface area contributed by atoms with E-state index in [1.165, 1.54) is 6.07 Å². The lowest BCUT2D eigenvalue weighted by molar-refractivity contribution is -0.149. The van der Waals surface area contributed by atoms with E-state index in [1.807, 2.05) is 0 Å². The third-order valence-electron chi connectivity index (χ3n) is 5.06. The topological polar surface area (TPSA) is 96.5 Å². The first-order valence-corrected chi connectivity index (χ1v) is 8.98. The summed E-state index contributed by atoms with van der Waals surface area (Å²) in [6.07, 6.45) is 1.71. The van der Waals surface area contributed by atoms with Crippen LogP contribution in [0.2, 0.25) is 0 Å². The molecule has 1 N–H and O–H groups in total. The number of carbonyl (C=O) groups excluding carboxylic acids is 1. The van der Waals surface area contributed by atoms with Crippen molar-refractivity contribution in [3.63, 3.8) is 0 Å². The molecule has 1 aliphatic heterocycles. The summed E-state index contributed by atoms with van der Waals surface area (Å²) in [4.78, 5) is 29.7. The number of carbonyl (C=O) groups is 2. The van der Waals surface area contributed by atoms with Crippen LogP contribution in [0.5, 0.6) is 0 Å². The molecule has 27 heavy (non-hydrogen) atoms. The van der Waals surface area contributed by atoms with E-state index in [9.17, 15) is 19.1 Å². The summed E-state index contributed by atoms with van der Waals surface area (Å²) in [6.45, 7) is 3.99. The molecule has 8 heteroatoms. The molecule has 0 bridgehead atoms. The van der Waals surface area contributed by atoms with E-state index in [4.69, 9.17) is 4.52 Å². The zero-order chi connectivity index (χ0) is 19.6. The lowest BCUT2D eigenvalue weighted by Gasteiger charge is -2.37. The summed E-state index contributed by atoms with van der Waals surface area (Å²) >= 11 is 0. The Balaban J connectivity index is 1.62. The molecular weight excluding hydrogens is 353 g/mol. The molecule has 0 radical (unpaired) electrons. The highest BCUT2D eigenvalue weighted by Gasteiger charge is 2.35. The number of aromatic nitrogens is 2. The lowest BCUT2D eigenvalue weighted by Crippen LogP contribution is -2.49. The third kappa shape index (κ3) is 4.15. The highest BCUT2D eigenvalue weighted by molar-refractivity contribution is 5.78. The van der Waals surface area contributed by atoms with Gasteiger partial charge in [-0.15, -0.1) is 0 Å². The number of amides is 1. The van der Waals surface area contributed by atoms with Gasteiger partial charge in [0.05, 0.1) is 5.92 Å². The van der Waals surface area contributed by atoms with Crippen LogP contribution in [0.4, 0.5) is 4.39 Å². The number of hydrogen-bond donors (Lipinski definition) is 1. The highest BCUT2D eigenvalue weighted by Crippen LogP contribution is 2.25. The Morgan fingerprint density at radius 3 is 2.89 bits per heavy atom. The Labute approximate surface area is 156 Å². The molecule has 2 aromatic rings. The summed E-state index contributed by atoms with van der Waals surface area (Å²) in [7, 11) is 0. The molecule has 1 aliphatic rings. The van der Waals surface area contributed by atoms with E-state index in [0.717, 1.165) is 0 Å². The number of aliphatic carboxylic acids is 1. The van der Waals surface area contributed by atoms with Gasteiger partial charge in [0.15, 0.2) is 0 Å². The first-order valence-electron chi connectivity index (χ1n) is 8.98. The highest BCUT2D eigenvalue weighted by atomic mass is 19.1. The monoisotopic (exact) mass is 375 g/mol. The fourth-order valence-electron chi connectivity index (χ4n) is 3.44. The molecule has 0 unspecified atom stereocenters. The van der Waals surface area contributed by atoms with Gasteiger partial charge >= 0.3 is 5.97 Å². The minimum absolute atomic E-state index is 0.120. The number of halogens is 1. The Morgan fingerprint density at radius 2 is 2.19 bits per heavy atom. The Bertz CT molecular complexity index is 851. The molecule has 0 aliphatic carbocycles. The second-order valence-electron chi connectivity index (χ2n) is 6.89. The average Bonchev–Trinajstić information content (AvgIpc) is 3.11. The van der Waals surface area contributed by atoms with Crippen molar-refractivity contribution >= 4 is 11.9 Å². The predicted octanol–water partition coefficient (Wildman–Crippen LogP) is 2.83. The number of carboxylic acids is 1. The number of benzene rings is 1. The normalized spacial score (nSPS) is 19.9. The van der Waals surface area contributed by atoms with E-state index in [-0.39, 0.29) is 30.6 Å². The van der Waals surface area contributed by atoms with Crippen LogP contribution in [0.1, 0.15) is 37.6 Å². The van der Waals surface area contributed by atoms with Crippen molar-refractivity contribution in [1.82, 2.24) is 15.0 Å². The van der Waals surface area contributed by atoms with Crippen LogP contribution < -0.4 is 0 Å². The van der Waals surface area contributed by atoms with E-state index < -0.39 is 11.9 Å². The lowest BCUT2D eigenvalue weighted by atomic mass is 9.90. The van der Waals surface area contributed by atoms with Gasteiger partial charge in [0.25, 0.3) is 0 Å². The fourth-order valence-corrected chi connectivity index (χ4v) is 3.44. The van der Waals surface area contributed by atoms with Crippen LogP contribution >= 0.6 is 0 Å². The smallest absolute Gasteiger partial charge is 0.308 e. The van der Waals surface area contributed by atoms with Crippen molar-refractivity contribution in [2.75, 3.05) is 6.54 Å². The first kappa shape index (κ1) is 19.0. The summed E-state index contributed by atoms with van der Waals surface area (Å²) in [5.41, 5.74) is 1.13. The molecule has 144 valence electrons. The average molecular weight is 375 g/mol. The van der Waals surface area contributed by atoms with Crippen LogP contribution in [-0.4, -0.2) is 44.6 Å². The largest absolute Gasteiger partial charge is 0.481 e. The molecule has 1 fully saturated rings. The molecule has 3 rings (SSSR count). The van der Waals surface area contributed by atoms with Crippen molar-refractivity contribution in [3.05, 3.63) is 35.5 Å². The molecule has 1 amide bonds.